The van der Waals surface area contributed by atoms with Gasteiger partial charge in [-0.3, -0.25) is 9.59 Å². The molecule has 0 aliphatic heterocycles. The average Bonchev–Trinajstić information content (AvgIpc) is 2.99. The first-order valence-electron chi connectivity index (χ1n) is 12.1. The summed E-state index contributed by atoms with van der Waals surface area (Å²) in [5.74, 6) is 2.01. The molecule has 4 fully saturated rings. The highest BCUT2D eigenvalue weighted by molar-refractivity contribution is 5.66. The molecule has 0 spiro atoms. The molecule has 0 aromatic carbocycles. The maximum Gasteiger partial charge on any atom is 0.302 e. The molecule has 5 heteroatoms. The number of ether oxygens (including phenoxy) is 2. The molecule has 0 saturated heterocycles. The predicted octanol–water partition coefficient (Wildman–Crippen LogP) is 4.50. The van der Waals surface area contributed by atoms with E-state index in [0.29, 0.717) is 23.7 Å². The van der Waals surface area contributed by atoms with Gasteiger partial charge in [-0.2, -0.15) is 0 Å². The molecule has 0 radical (unpaired) electrons. The van der Waals surface area contributed by atoms with E-state index in [4.69, 9.17) is 9.47 Å². The molecule has 0 bridgehead atoms. The maximum absolute atomic E-state index is 11.6. The first-order chi connectivity index (χ1) is 14.1. The minimum absolute atomic E-state index is 0.0370. The van der Waals surface area contributed by atoms with E-state index in [-0.39, 0.29) is 47.0 Å². The Labute approximate surface area is 181 Å². The van der Waals surface area contributed by atoms with Crippen LogP contribution in [-0.4, -0.2) is 35.4 Å². The molecule has 0 unspecified atom stereocenters. The molecule has 4 aliphatic rings. The first-order valence-corrected chi connectivity index (χ1v) is 12.1. The van der Waals surface area contributed by atoms with Crippen molar-refractivity contribution in [3.63, 3.8) is 0 Å². The summed E-state index contributed by atoms with van der Waals surface area (Å²) < 4.78 is 11.2. The van der Waals surface area contributed by atoms with E-state index in [1.807, 2.05) is 0 Å². The van der Waals surface area contributed by atoms with Crippen LogP contribution in [0.15, 0.2) is 0 Å². The Morgan fingerprint density at radius 3 is 2.23 bits per heavy atom. The molecule has 30 heavy (non-hydrogen) atoms. The third-order valence-electron chi connectivity index (χ3n) is 9.96. The van der Waals surface area contributed by atoms with Crippen molar-refractivity contribution in [2.45, 2.75) is 104 Å². The van der Waals surface area contributed by atoms with E-state index in [9.17, 15) is 14.7 Å². The van der Waals surface area contributed by atoms with Crippen LogP contribution in [0.2, 0.25) is 0 Å². The Morgan fingerprint density at radius 2 is 1.57 bits per heavy atom. The Balaban J connectivity index is 1.54. The Kier molecular flexibility index (Phi) is 5.74. The summed E-state index contributed by atoms with van der Waals surface area (Å²) in [5.41, 5.74) is 0.313. The second-order valence-electron chi connectivity index (χ2n) is 11.3. The van der Waals surface area contributed by atoms with Crippen molar-refractivity contribution in [1.29, 1.82) is 0 Å². The highest BCUT2D eigenvalue weighted by atomic mass is 16.5. The molecule has 4 rings (SSSR count). The number of rotatable bonds is 3. The van der Waals surface area contributed by atoms with Gasteiger partial charge >= 0.3 is 11.9 Å². The maximum atomic E-state index is 11.6. The summed E-state index contributed by atoms with van der Waals surface area (Å²) in [4.78, 5) is 23.0. The van der Waals surface area contributed by atoms with E-state index >= 15 is 0 Å². The minimum atomic E-state index is -0.318. The number of hydrogen-bond donors (Lipinski definition) is 1. The summed E-state index contributed by atoms with van der Waals surface area (Å²) in [6, 6.07) is 0. The zero-order valence-corrected chi connectivity index (χ0v) is 19.4. The number of aliphatic hydroxyl groups is 1. The number of aliphatic hydroxyl groups excluding tert-OH is 1. The van der Waals surface area contributed by atoms with Crippen LogP contribution in [0.4, 0.5) is 0 Å². The van der Waals surface area contributed by atoms with Gasteiger partial charge in [0, 0.05) is 19.8 Å². The molecule has 0 aromatic rings. The van der Waals surface area contributed by atoms with Crippen LogP contribution < -0.4 is 0 Å². The smallest absolute Gasteiger partial charge is 0.302 e. The Hall–Kier alpha value is -1.10. The van der Waals surface area contributed by atoms with Crippen molar-refractivity contribution in [1.82, 2.24) is 0 Å². The molecule has 0 amide bonds. The fourth-order valence-electron chi connectivity index (χ4n) is 8.76. The molecule has 4 aliphatic carbocycles. The quantitative estimate of drug-likeness (QED) is 0.681. The Bertz CT molecular complexity index is 691. The molecule has 1 N–H and O–H groups in total. The predicted molar refractivity (Wildman–Crippen MR) is 113 cm³/mol. The standard InChI is InChI=1S/C25H40O5/c1-14(29-15(2)26)19-6-7-20-18-13-23(28)22-12-17(30-16(3)27)8-10-25(22,5)21(18)9-11-24(19,20)4/h14,17-23,28H,6-13H2,1-5H3/t14-,17-,18-,19+,20-,21-,22+,23-,24+,25+/m0/s1. The topological polar surface area (TPSA) is 72.8 Å². The summed E-state index contributed by atoms with van der Waals surface area (Å²) >= 11 is 0. The zero-order valence-electron chi connectivity index (χ0n) is 19.4. The van der Waals surface area contributed by atoms with Crippen molar-refractivity contribution in [2.24, 2.45) is 40.4 Å². The van der Waals surface area contributed by atoms with Gasteiger partial charge in [0.25, 0.3) is 0 Å². The van der Waals surface area contributed by atoms with Crippen LogP contribution in [0.1, 0.15) is 86.0 Å². The third kappa shape index (κ3) is 3.49. The molecule has 170 valence electrons. The van der Waals surface area contributed by atoms with Gasteiger partial charge in [0.2, 0.25) is 0 Å². The second-order valence-corrected chi connectivity index (χ2v) is 11.3. The minimum Gasteiger partial charge on any atom is -0.463 e. The van der Waals surface area contributed by atoms with Crippen molar-refractivity contribution in [2.75, 3.05) is 0 Å². The summed E-state index contributed by atoms with van der Waals surface area (Å²) in [7, 11) is 0. The van der Waals surface area contributed by atoms with Gasteiger partial charge in [0.05, 0.1) is 6.10 Å². The van der Waals surface area contributed by atoms with Gasteiger partial charge in [-0.05, 0) is 92.8 Å². The number of fused-ring (bicyclic) bond motifs is 5. The van der Waals surface area contributed by atoms with E-state index in [0.717, 1.165) is 32.1 Å². The highest BCUT2D eigenvalue weighted by Crippen LogP contribution is 2.68. The van der Waals surface area contributed by atoms with Gasteiger partial charge in [0.15, 0.2) is 0 Å². The molecular formula is C25H40O5. The SMILES string of the molecule is CC(=O)O[C@H]1CC[C@@]2(C)[C@H](C1)[C@@H](O)C[C@@H]1[C@@H]2CC[C@]2(C)[C@@H]([C@H](C)OC(C)=O)CC[C@@H]12. The number of esters is 2. The normalized spacial score (nSPS) is 48.7. The lowest BCUT2D eigenvalue weighted by Gasteiger charge is -2.62. The summed E-state index contributed by atoms with van der Waals surface area (Å²) in [6.45, 7) is 9.88. The van der Waals surface area contributed by atoms with Crippen LogP contribution in [-0.2, 0) is 19.1 Å². The van der Waals surface area contributed by atoms with Gasteiger partial charge in [-0.15, -0.1) is 0 Å². The van der Waals surface area contributed by atoms with E-state index < -0.39 is 0 Å². The summed E-state index contributed by atoms with van der Waals surface area (Å²) in [6.07, 6.45) is 7.89. The van der Waals surface area contributed by atoms with Crippen LogP contribution >= 0.6 is 0 Å². The zero-order chi connectivity index (χ0) is 21.8. The van der Waals surface area contributed by atoms with Crippen molar-refractivity contribution < 1.29 is 24.2 Å². The second kappa shape index (κ2) is 7.79. The fourth-order valence-corrected chi connectivity index (χ4v) is 8.76. The molecule has 0 aromatic heterocycles. The molecule has 10 atom stereocenters. The van der Waals surface area contributed by atoms with Gasteiger partial charge < -0.3 is 14.6 Å². The third-order valence-corrected chi connectivity index (χ3v) is 9.96. The lowest BCUT2D eigenvalue weighted by atomic mass is 9.44. The van der Waals surface area contributed by atoms with Gasteiger partial charge in [0.1, 0.15) is 12.2 Å². The molecule has 4 saturated carbocycles. The van der Waals surface area contributed by atoms with Crippen molar-refractivity contribution in [3.05, 3.63) is 0 Å². The van der Waals surface area contributed by atoms with Gasteiger partial charge in [-0.25, -0.2) is 0 Å². The molecule has 0 heterocycles. The van der Waals surface area contributed by atoms with Crippen molar-refractivity contribution >= 4 is 11.9 Å². The molecule has 5 nitrogen and oxygen atoms in total. The lowest BCUT2D eigenvalue weighted by molar-refractivity contribution is -0.185. The van der Waals surface area contributed by atoms with E-state index in [1.165, 1.54) is 33.1 Å². The largest absolute Gasteiger partial charge is 0.463 e. The Morgan fingerprint density at radius 1 is 0.900 bits per heavy atom. The lowest BCUT2D eigenvalue weighted by Crippen LogP contribution is -2.58. The van der Waals surface area contributed by atoms with Crippen molar-refractivity contribution in [3.8, 4) is 0 Å². The van der Waals surface area contributed by atoms with Crippen LogP contribution in [0.3, 0.4) is 0 Å². The number of hydrogen-bond acceptors (Lipinski definition) is 5. The average molecular weight is 421 g/mol. The van der Waals surface area contributed by atoms with Gasteiger partial charge in [-0.1, -0.05) is 13.8 Å². The summed E-state index contributed by atoms with van der Waals surface area (Å²) in [5, 5.41) is 11.2. The highest BCUT2D eigenvalue weighted by Gasteiger charge is 2.62. The van der Waals surface area contributed by atoms with Crippen LogP contribution in [0.5, 0.6) is 0 Å². The number of carbonyl (C=O) groups is 2. The van der Waals surface area contributed by atoms with Crippen LogP contribution in [0, 0.1) is 40.4 Å². The monoisotopic (exact) mass is 420 g/mol. The van der Waals surface area contributed by atoms with E-state index in [2.05, 4.69) is 20.8 Å². The van der Waals surface area contributed by atoms with E-state index in [1.54, 1.807) is 0 Å². The van der Waals surface area contributed by atoms with Crippen LogP contribution in [0.25, 0.3) is 0 Å². The fraction of sp³-hybridized carbons (Fsp3) is 0.920. The molecular weight excluding hydrogens is 380 g/mol. The number of carbonyl (C=O) groups excluding carboxylic acids is 2. The first kappa shape index (κ1) is 22.1.